The zero-order chi connectivity index (χ0) is 16.6. The Morgan fingerprint density at radius 2 is 1.96 bits per heavy atom. The molecular weight excluding hydrogens is 314 g/mol. The molecular formula is C19H25N5O. The van der Waals surface area contributed by atoms with E-state index in [4.69, 9.17) is 4.52 Å². The van der Waals surface area contributed by atoms with Gasteiger partial charge in [0.25, 0.3) is 0 Å². The fourth-order valence-corrected chi connectivity index (χ4v) is 4.44. The summed E-state index contributed by atoms with van der Waals surface area (Å²) in [6, 6.07) is 3.34. The monoisotopic (exact) mass is 339 g/mol. The molecule has 0 N–H and O–H groups in total. The molecule has 0 bridgehead atoms. The molecule has 1 saturated heterocycles. The highest BCUT2D eigenvalue weighted by Gasteiger charge is 2.36. The molecule has 3 heterocycles. The number of piperidine rings is 1. The fourth-order valence-electron chi connectivity index (χ4n) is 4.44. The summed E-state index contributed by atoms with van der Waals surface area (Å²) in [6.07, 6.45) is 12.0. The Morgan fingerprint density at radius 3 is 2.72 bits per heavy atom. The summed E-state index contributed by atoms with van der Waals surface area (Å²) in [5.74, 6) is 2.24. The molecule has 3 aliphatic rings. The van der Waals surface area contributed by atoms with E-state index < -0.39 is 0 Å². The SMILES string of the molecule is c1cc(N(C2CC2)C2CCN(Cc3noc4c3CCC4)CC2)ncn1. The number of aromatic nitrogens is 3. The minimum absolute atomic E-state index is 0.599. The molecule has 0 radical (unpaired) electrons. The number of aryl methyl sites for hydroxylation is 1. The zero-order valence-electron chi connectivity index (χ0n) is 14.6. The van der Waals surface area contributed by atoms with Crippen LogP contribution in [0.3, 0.4) is 0 Å². The molecule has 25 heavy (non-hydrogen) atoms. The summed E-state index contributed by atoms with van der Waals surface area (Å²) in [4.78, 5) is 13.7. The highest BCUT2D eigenvalue weighted by molar-refractivity contribution is 5.41. The normalized spacial score (nSPS) is 21.4. The molecule has 2 aromatic rings. The average molecular weight is 339 g/mol. The van der Waals surface area contributed by atoms with E-state index in [0.717, 1.165) is 44.1 Å². The van der Waals surface area contributed by atoms with Crippen molar-refractivity contribution in [1.29, 1.82) is 0 Å². The standard InChI is InChI=1S/C19H25N5O/c1-2-16-17(22-25-18(16)3-1)12-23-10-7-15(8-11-23)24(14-4-5-14)19-6-9-20-13-21-19/h6,9,13-15H,1-5,7-8,10-12H2. The molecule has 0 spiro atoms. The maximum absolute atomic E-state index is 5.51. The van der Waals surface area contributed by atoms with Crippen LogP contribution in [-0.2, 0) is 19.4 Å². The number of hydrogen-bond donors (Lipinski definition) is 0. The van der Waals surface area contributed by atoms with Crippen molar-refractivity contribution in [1.82, 2.24) is 20.0 Å². The van der Waals surface area contributed by atoms with E-state index in [0.29, 0.717) is 12.1 Å². The molecule has 5 rings (SSSR count). The van der Waals surface area contributed by atoms with Gasteiger partial charge in [0.1, 0.15) is 23.6 Å². The van der Waals surface area contributed by atoms with E-state index in [2.05, 4.69) is 31.0 Å². The number of anilines is 1. The molecule has 0 aromatic carbocycles. The van der Waals surface area contributed by atoms with Gasteiger partial charge < -0.3 is 9.42 Å². The highest BCUT2D eigenvalue weighted by atomic mass is 16.5. The van der Waals surface area contributed by atoms with Crippen molar-refractivity contribution in [3.63, 3.8) is 0 Å². The van der Waals surface area contributed by atoms with Gasteiger partial charge in [-0.1, -0.05) is 5.16 Å². The van der Waals surface area contributed by atoms with Crippen molar-refractivity contribution in [2.75, 3.05) is 18.0 Å². The molecule has 6 heteroatoms. The summed E-state index contributed by atoms with van der Waals surface area (Å²) >= 11 is 0. The average Bonchev–Trinajstić information content (AvgIpc) is 3.24. The molecule has 0 atom stereocenters. The third-order valence-corrected chi connectivity index (χ3v) is 5.88. The van der Waals surface area contributed by atoms with Gasteiger partial charge >= 0.3 is 0 Å². The van der Waals surface area contributed by atoms with Gasteiger partial charge in [0.15, 0.2) is 0 Å². The Kier molecular flexibility index (Phi) is 3.93. The van der Waals surface area contributed by atoms with Gasteiger partial charge in [-0.25, -0.2) is 9.97 Å². The Hall–Kier alpha value is -1.95. The van der Waals surface area contributed by atoms with Crippen molar-refractivity contribution in [3.8, 4) is 0 Å². The third-order valence-electron chi connectivity index (χ3n) is 5.88. The number of fused-ring (bicyclic) bond motifs is 1. The molecule has 1 saturated carbocycles. The van der Waals surface area contributed by atoms with Crippen LogP contribution in [0, 0.1) is 0 Å². The first kappa shape index (κ1) is 15.3. The summed E-state index contributed by atoms with van der Waals surface area (Å²) in [6.45, 7) is 3.20. The molecule has 6 nitrogen and oxygen atoms in total. The lowest BCUT2D eigenvalue weighted by atomic mass is 10.0. The van der Waals surface area contributed by atoms with Crippen LogP contribution in [0.15, 0.2) is 23.1 Å². The zero-order valence-corrected chi connectivity index (χ0v) is 14.6. The maximum Gasteiger partial charge on any atom is 0.140 e. The van der Waals surface area contributed by atoms with E-state index in [-0.39, 0.29) is 0 Å². The smallest absolute Gasteiger partial charge is 0.140 e. The van der Waals surface area contributed by atoms with Crippen LogP contribution in [0.5, 0.6) is 0 Å². The minimum Gasteiger partial charge on any atom is -0.361 e. The Morgan fingerprint density at radius 1 is 1.12 bits per heavy atom. The van der Waals surface area contributed by atoms with E-state index in [1.54, 1.807) is 6.33 Å². The van der Waals surface area contributed by atoms with Gasteiger partial charge in [-0.15, -0.1) is 0 Å². The predicted molar refractivity (Wildman–Crippen MR) is 94.4 cm³/mol. The fraction of sp³-hybridized carbons (Fsp3) is 0.632. The van der Waals surface area contributed by atoms with Crippen LogP contribution in [0.4, 0.5) is 5.82 Å². The topological polar surface area (TPSA) is 58.3 Å². The van der Waals surface area contributed by atoms with Crippen molar-refractivity contribution >= 4 is 5.82 Å². The van der Waals surface area contributed by atoms with Gasteiger partial charge in [-0.05, 0) is 44.6 Å². The molecule has 2 aromatic heterocycles. The second kappa shape index (κ2) is 6.41. The van der Waals surface area contributed by atoms with Crippen molar-refractivity contribution in [2.24, 2.45) is 0 Å². The number of rotatable bonds is 5. The van der Waals surface area contributed by atoms with Crippen LogP contribution in [0.25, 0.3) is 0 Å². The van der Waals surface area contributed by atoms with Gasteiger partial charge in [0, 0.05) is 49.9 Å². The summed E-state index contributed by atoms with van der Waals surface area (Å²) in [5.41, 5.74) is 2.57. The second-order valence-corrected chi connectivity index (χ2v) is 7.60. The molecule has 2 fully saturated rings. The summed E-state index contributed by atoms with van der Waals surface area (Å²) in [5, 5.41) is 4.33. The third kappa shape index (κ3) is 3.03. The Labute approximate surface area is 148 Å². The molecule has 132 valence electrons. The lowest BCUT2D eigenvalue weighted by molar-refractivity contribution is 0.195. The summed E-state index contributed by atoms with van der Waals surface area (Å²) in [7, 11) is 0. The first-order valence-corrected chi connectivity index (χ1v) is 9.61. The lowest BCUT2D eigenvalue weighted by Crippen LogP contribution is -2.46. The van der Waals surface area contributed by atoms with E-state index in [9.17, 15) is 0 Å². The molecule has 1 aliphatic heterocycles. The highest BCUT2D eigenvalue weighted by Crippen LogP contribution is 2.35. The van der Waals surface area contributed by atoms with Crippen LogP contribution in [0.2, 0.25) is 0 Å². The van der Waals surface area contributed by atoms with Gasteiger partial charge in [0.05, 0.1) is 0 Å². The largest absolute Gasteiger partial charge is 0.361 e. The second-order valence-electron chi connectivity index (χ2n) is 7.60. The first-order valence-electron chi connectivity index (χ1n) is 9.61. The van der Waals surface area contributed by atoms with Crippen LogP contribution in [0.1, 0.15) is 49.1 Å². The minimum atomic E-state index is 0.599. The predicted octanol–water partition coefficient (Wildman–Crippen LogP) is 2.59. The van der Waals surface area contributed by atoms with Gasteiger partial charge in [-0.2, -0.15) is 0 Å². The van der Waals surface area contributed by atoms with E-state index in [1.165, 1.54) is 43.4 Å². The van der Waals surface area contributed by atoms with Gasteiger partial charge in [-0.3, -0.25) is 4.90 Å². The Bertz CT molecular complexity index is 719. The molecule has 0 amide bonds. The van der Waals surface area contributed by atoms with Crippen LogP contribution in [-0.4, -0.2) is 45.2 Å². The van der Waals surface area contributed by atoms with Crippen LogP contribution < -0.4 is 4.90 Å². The number of likely N-dealkylation sites (tertiary alicyclic amines) is 1. The van der Waals surface area contributed by atoms with Gasteiger partial charge in [0.2, 0.25) is 0 Å². The van der Waals surface area contributed by atoms with Crippen molar-refractivity contribution < 1.29 is 4.52 Å². The van der Waals surface area contributed by atoms with E-state index in [1.807, 2.05) is 6.20 Å². The maximum atomic E-state index is 5.51. The lowest BCUT2D eigenvalue weighted by Gasteiger charge is -2.39. The number of hydrogen-bond acceptors (Lipinski definition) is 6. The number of nitrogens with zero attached hydrogens (tertiary/aromatic N) is 5. The first-order chi connectivity index (χ1) is 12.4. The molecule has 2 aliphatic carbocycles. The van der Waals surface area contributed by atoms with E-state index >= 15 is 0 Å². The molecule has 0 unspecified atom stereocenters. The van der Waals surface area contributed by atoms with Crippen molar-refractivity contribution in [2.45, 2.75) is 63.6 Å². The summed E-state index contributed by atoms with van der Waals surface area (Å²) < 4.78 is 5.51. The Balaban J connectivity index is 1.23. The van der Waals surface area contributed by atoms with Crippen molar-refractivity contribution in [3.05, 3.63) is 35.6 Å². The van der Waals surface area contributed by atoms with Crippen LogP contribution >= 0.6 is 0 Å². The quantitative estimate of drug-likeness (QED) is 0.834.